The number of esters is 1. The predicted molar refractivity (Wildman–Crippen MR) is 105 cm³/mol. The van der Waals surface area contributed by atoms with Gasteiger partial charge in [-0.15, -0.1) is 11.3 Å². The van der Waals surface area contributed by atoms with Gasteiger partial charge in [-0.05, 0) is 37.7 Å². The average molecular weight is 395 g/mol. The highest BCUT2D eigenvalue weighted by molar-refractivity contribution is 7.80. The van der Waals surface area contributed by atoms with Crippen LogP contribution in [0, 0.1) is 24.0 Å². The van der Waals surface area contributed by atoms with Crippen LogP contribution in [-0.2, 0) is 4.74 Å². The minimum absolute atomic E-state index is 0.0937. The van der Waals surface area contributed by atoms with Gasteiger partial charge in [0.05, 0.1) is 36.5 Å². The molecular weight excluding hydrogens is 378 g/mol. The third-order valence-electron chi connectivity index (χ3n) is 3.65. The number of methoxy groups -OCH3 is 2. The number of ether oxygens (including phenoxy) is 2. The largest absolute Gasteiger partial charge is 0.494 e. The van der Waals surface area contributed by atoms with Crippen LogP contribution in [0.4, 0.5) is 16.4 Å². The maximum Gasteiger partial charge on any atom is 0.341 e. The first-order valence-corrected chi connectivity index (χ1v) is 8.59. The smallest absolute Gasteiger partial charge is 0.341 e. The number of hydrogen-bond acceptors (Lipinski definition) is 7. The normalized spacial score (nSPS) is 10.2. The van der Waals surface area contributed by atoms with Gasteiger partial charge in [0.1, 0.15) is 10.8 Å². The lowest BCUT2D eigenvalue weighted by Gasteiger charge is -2.13. The molecule has 0 aliphatic heterocycles. The maximum atomic E-state index is 12.0. The summed E-state index contributed by atoms with van der Waals surface area (Å²) in [5.41, 5.74) is 1.61. The Morgan fingerprint density at radius 1 is 1.27 bits per heavy atom. The number of anilines is 2. The molecule has 0 unspecified atom stereocenters. The minimum atomic E-state index is -0.511. The van der Waals surface area contributed by atoms with Gasteiger partial charge in [0.2, 0.25) is 0 Å². The van der Waals surface area contributed by atoms with Crippen LogP contribution >= 0.6 is 23.6 Å². The van der Waals surface area contributed by atoms with E-state index in [0.717, 1.165) is 10.4 Å². The summed E-state index contributed by atoms with van der Waals surface area (Å²) in [7, 11) is 2.72. The lowest BCUT2D eigenvalue weighted by molar-refractivity contribution is -0.384. The predicted octanol–water partition coefficient (Wildman–Crippen LogP) is 3.88. The Hall–Kier alpha value is -2.72. The number of nitrogens with zero attached hydrogens (tertiary/aromatic N) is 1. The molecule has 0 aliphatic carbocycles. The molecule has 0 fully saturated rings. The summed E-state index contributed by atoms with van der Waals surface area (Å²) < 4.78 is 9.99. The van der Waals surface area contributed by atoms with Crippen molar-refractivity contribution in [2.75, 3.05) is 24.9 Å². The number of thiophene rings is 1. The zero-order valence-corrected chi connectivity index (χ0v) is 16.2. The molecule has 1 aromatic heterocycles. The van der Waals surface area contributed by atoms with E-state index >= 15 is 0 Å². The second kappa shape index (κ2) is 8.11. The van der Waals surface area contributed by atoms with Crippen LogP contribution in [0.3, 0.4) is 0 Å². The van der Waals surface area contributed by atoms with Crippen molar-refractivity contribution in [3.63, 3.8) is 0 Å². The van der Waals surface area contributed by atoms with Gasteiger partial charge in [0.15, 0.2) is 5.11 Å². The first kappa shape index (κ1) is 19.6. The summed E-state index contributed by atoms with van der Waals surface area (Å²) in [4.78, 5) is 23.3. The minimum Gasteiger partial charge on any atom is -0.494 e. The number of benzene rings is 1. The summed E-state index contributed by atoms with van der Waals surface area (Å²) in [5, 5.41) is 17.5. The van der Waals surface area contributed by atoms with Crippen molar-refractivity contribution >= 4 is 51.0 Å². The van der Waals surface area contributed by atoms with Gasteiger partial charge in [-0.1, -0.05) is 0 Å². The van der Waals surface area contributed by atoms with E-state index in [2.05, 4.69) is 10.6 Å². The van der Waals surface area contributed by atoms with Crippen LogP contribution in [0.1, 0.15) is 20.8 Å². The van der Waals surface area contributed by atoms with Crippen molar-refractivity contribution in [2.45, 2.75) is 13.8 Å². The number of nitro groups is 1. The van der Waals surface area contributed by atoms with Crippen molar-refractivity contribution in [3.8, 4) is 5.75 Å². The maximum absolute atomic E-state index is 12.0. The van der Waals surface area contributed by atoms with Gasteiger partial charge in [-0.3, -0.25) is 10.1 Å². The number of carbonyl (C=O) groups is 1. The third-order valence-corrected chi connectivity index (χ3v) is 4.97. The molecule has 0 spiro atoms. The van der Waals surface area contributed by atoms with Gasteiger partial charge < -0.3 is 20.1 Å². The molecule has 1 heterocycles. The number of nitro benzene ring substituents is 1. The van der Waals surface area contributed by atoms with Crippen LogP contribution in [0.2, 0.25) is 0 Å². The van der Waals surface area contributed by atoms with Crippen LogP contribution in [0.25, 0.3) is 0 Å². The Morgan fingerprint density at radius 3 is 2.54 bits per heavy atom. The van der Waals surface area contributed by atoms with Crippen LogP contribution in [-0.4, -0.2) is 30.2 Å². The zero-order chi connectivity index (χ0) is 19.4. The fourth-order valence-corrected chi connectivity index (χ4v) is 3.55. The monoisotopic (exact) mass is 395 g/mol. The van der Waals surface area contributed by atoms with E-state index in [0.29, 0.717) is 16.3 Å². The van der Waals surface area contributed by atoms with Crippen molar-refractivity contribution in [1.82, 2.24) is 0 Å². The highest BCUT2D eigenvalue weighted by Crippen LogP contribution is 2.34. The molecule has 0 amide bonds. The van der Waals surface area contributed by atoms with Gasteiger partial charge in [0, 0.05) is 10.9 Å². The van der Waals surface area contributed by atoms with Crippen molar-refractivity contribution in [2.24, 2.45) is 0 Å². The third kappa shape index (κ3) is 4.09. The summed E-state index contributed by atoms with van der Waals surface area (Å²) in [6.07, 6.45) is 0. The van der Waals surface area contributed by atoms with Gasteiger partial charge in [-0.2, -0.15) is 0 Å². The summed E-state index contributed by atoms with van der Waals surface area (Å²) in [6.45, 7) is 3.73. The topological polar surface area (TPSA) is 103 Å². The molecule has 2 rings (SSSR count). The molecule has 0 saturated carbocycles. The molecule has 10 heteroatoms. The van der Waals surface area contributed by atoms with Crippen molar-refractivity contribution in [3.05, 3.63) is 44.3 Å². The van der Waals surface area contributed by atoms with Crippen LogP contribution in [0.15, 0.2) is 18.2 Å². The number of thiocarbonyl (C=S) groups is 1. The van der Waals surface area contributed by atoms with E-state index in [1.807, 2.05) is 13.8 Å². The fourth-order valence-electron chi connectivity index (χ4n) is 2.22. The van der Waals surface area contributed by atoms with E-state index in [-0.39, 0.29) is 16.5 Å². The van der Waals surface area contributed by atoms with E-state index in [4.69, 9.17) is 21.7 Å². The molecule has 8 nitrogen and oxygen atoms in total. The van der Waals surface area contributed by atoms with E-state index in [1.54, 1.807) is 0 Å². The van der Waals surface area contributed by atoms with Crippen LogP contribution in [0.5, 0.6) is 5.75 Å². The van der Waals surface area contributed by atoms with Crippen LogP contribution < -0.4 is 15.4 Å². The second-order valence-electron chi connectivity index (χ2n) is 5.20. The Bertz CT molecular complexity index is 879. The van der Waals surface area contributed by atoms with E-state index < -0.39 is 10.9 Å². The number of nitrogens with one attached hydrogen (secondary N) is 2. The Kier molecular flexibility index (Phi) is 6.11. The van der Waals surface area contributed by atoms with Gasteiger partial charge >= 0.3 is 5.97 Å². The fraction of sp³-hybridized carbons (Fsp3) is 0.250. The second-order valence-corrected chi connectivity index (χ2v) is 6.83. The lowest BCUT2D eigenvalue weighted by atomic mass is 10.1. The first-order chi connectivity index (χ1) is 12.3. The molecule has 26 heavy (non-hydrogen) atoms. The zero-order valence-electron chi connectivity index (χ0n) is 14.5. The molecule has 2 N–H and O–H groups in total. The molecule has 0 radical (unpaired) electrons. The molecule has 0 saturated heterocycles. The molecule has 1 aromatic carbocycles. The highest BCUT2D eigenvalue weighted by Gasteiger charge is 2.21. The van der Waals surface area contributed by atoms with E-state index in [9.17, 15) is 14.9 Å². The Morgan fingerprint density at radius 2 is 1.96 bits per heavy atom. The average Bonchev–Trinajstić information content (AvgIpc) is 2.88. The van der Waals surface area contributed by atoms with E-state index in [1.165, 1.54) is 43.8 Å². The molecule has 0 aliphatic rings. The quantitative estimate of drug-likeness (QED) is 0.340. The number of rotatable bonds is 5. The van der Waals surface area contributed by atoms with Crippen molar-refractivity contribution in [1.29, 1.82) is 0 Å². The first-order valence-electron chi connectivity index (χ1n) is 7.37. The Labute approximate surface area is 159 Å². The standard InChI is InChI=1S/C16H17N3O5S2/c1-8-9(2)26-14(13(8)15(20)24-4)18-16(25)17-11-6-5-10(19(21)22)7-12(11)23-3/h5-7H,1-4H3,(H2,17,18,25). The molecule has 0 atom stereocenters. The SMILES string of the molecule is COC(=O)c1c(NC(=S)Nc2ccc([N+](=O)[O-])cc2OC)sc(C)c1C. The molecule has 2 aromatic rings. The number of hydrogen-bond donors (Lipinski definition) is 2. The summed E-state index contributed by atoms with van der Waals surface area (Å²) in [6, 6.07) is 4.13. The Balaban J connectivity index is 2.24. The highest BCUT2D eigenvalue weighted by atomic mass is 32.1. The molecule has 0 bridgehead atoms. The number of aryl methyl sites for hydroxylation is 1. The number of carbonyl (C=O) groups excluding carboxylic acids is 1. The number of non-ortho nitro benzene ring substituents is 1. The molecule has 138 valence electrons. The molecular formula is C16H17N3O5S2. The summed E-state index contributed by atoms with van der Waals surface area (Å²) in [5.74, 6) is -0.180. The van der Waals surface area contributed by atoms with Gasteiger partial charge in [0.25, 0.3) is 5.69 Å². The van der Waals surface area contributed by atoms with Crippen molar-refractivity contribution < 1.29 is 19.2 Å². The summed E-state index contributed by atoms with van der Waals surface area (Å²) >= 11 is 6.67. The van der Waals surface area contributed by atoms with Gasteiger partial charge in [-0.25, -0.2) is 4.79 Å². The lowest BCUT2D eigenvalue weighted by Crippen LogP contribution is -2.20.